The molecule has 112 valence electrons. The van der Waals surface area contributed by atoms with Crippen LogP contribution in [0.3, 0.4) is 0 Å². The number of unbranched alkanes of at least 4 members (excludes halogenated alkanes) is 2. The molecule has 0 aliphatic heterocycles. The van der Waals surface area contributed by atoms with Crippen LogP contribution in [-0.2, 0) is 9.53 Å². The van der Waals surface area contributed by atoms with E-state index in [0.29, 0.717) is 19.6 Å². The van der Waals surface area contributed by atoms with E-state index in [4.69, 9.17) is 9.47 Å². The quantitative estimate of drug-likeness (QED) is 0.548. The molecule has 0 fully saturated rings. The van der Waals surface area contributed by atoms with Crippen molar-refractivity contribution in [1.82, 2.24) is 4.98 Å². The molecular weight excluding hydrogens is 266 g/mol. The number of hydrogen-bond acceptors (Lipinski definition) is 4. The number of carbonyl (C=O) groups is 1. The van der Waals surface area contributed by atoms with E-state index in [1.807, 2.05) is 37.3 Å². The lowest BCUT2D eigenvalue weighted by Crippen LogP contribution is -2.04. The third-order valence-corrected chi connectivity index (χ3v) is 3.16. The normalized spacial score (nSPS) is 10.5. The lowest BCUT2D eigenvalue weighted by Gasteiger charge is -2.06. The number of pyridine rings is 1. The van der Waals surface area contributed by atoms with Gasteiger partial charge in [0.25, 0.3) is 0 Å². The molecule has 0 bridgehead atoms. The molecule has 21 heavy (non-hydrogen) atoms. The maximum Gasteiger partial charge on any atom is 0.305 e. The lowest BCUT2D eigenvalue weighted by molar-refractivity contribution is -0.143. The third kappa shape index (κ3) is 5.06. The number of benzene rings is 1. The van der Waals surface area contributed by atoms with Crippen molar-refractivity contribution in [2.24, 2.45) is 0 Å². The average molecular weight is 287 g/mol. The summed E-state index contributed by atoms with van der Waals surface area (Å²) in [5, 5.41) is 1.08. The fourth-order valence-corrected chi connectivity index (χ4v) is 2.10. The number of aromatic nitrogens is 1. The highest BCUT2D eigenvalue weighted by Gasteiger charge is 2.01. The zero-order valence-electron chi connectivity index (χ0n) is 12.4. The number of ether oxygens (including phenoxy) is 2. The van der Waals surface area contributed by atoms with Crippen LogP contribution in [0.1, 0.15) is 32.6 Å². The van der Waals surface area contributed by atoms with E-state index < -0.39 is 0 Å². The molecule has 0 atom stereocenters. The number of carbonyl (C=O) groups excluding carboxylic acids is 1. The molecule has 1 aromatic carbocycles. The maximum atomic E-state index is 11.2. The molecule has 4 nitrogen and oxygen atoms in total. The summed E-state index contributed by atoms with van der Waals surface area (Å²) in [5.41, 5.74) is 0.972. The summed E-state index contributed by atoms with van der Waals surface area (Å²) in [7, 11) is 0. The van der Waals surface area contributed by atoms with Crippen LogP contribution in [-0.4, -0.2) is 24.2 Å². The zero-order valence-corrected chi connectivity index (χ0v) is 12.4. The molecule has 0 saturated carbocycles. The van der Waals surface area contributed by atoms with Crippen LogP contribution >= 0.6 is 0 Å². The molecule has 4 heteroatoms. The van der Waals surface area contributed by atoms with Crippen LogP contribution in [0, 0.1) is 0 Å². The topological polar surface area (TPSA) is 48.4 Å². The van der Waals surface area contributed by atoms with Crippen LogP contribution in [0.15, 0.2) is 36.5 Å². The van der Waals surface area contributed by atoms with Gasteiger partial charge in [-0.25, -0.2) is 0 Å². The number of para-hydroxylation sites is 1. The highest BCUT2D eigenvalue weighted by atomic mass is 16.5. The largest absolute Gasteiger partial charge is 0.492 e. The molecule has 0 spiro atoms. The van der Waals surface area contributed by atoms with E-state index in [2.05, 4.69) is 4.98 Å². The highest BCUT2D eigenvalue weighted by Crippen LogP contribution is 2.18. The van der Waals surface area contributed by atoms with E-state index in [0.717, 1.165) is 35.9 Å². The van der Waals surface area contributed by atoms with E-state index in [1.165, 1.54) is 0 Å². The summed E-state index contributed by atoms with van der Waals surface area (Å²) in [6.07, 6.45) is 4.97. The van der Waals surface area contributed by atoms with Crippen LogP contribution in [0.4, 0.5) is 0 Å². The second-order valence-corrected chi connectivity index (χ2v) is 4.83. The standard InChI is InChI=1S/C17H21NO3/c1-2-20-17(19)10-4-3-7-11-21-15-12-14-8-5-6-9-16(14)18-13-15/h5-6,8-9,12-13H,2-4,7,10-11H2,1H3. The Labute approximate surface area is 125 Å². The number of hydrogen-bond donors (Lipinski definition) is 0. The highest BCUT2D eigenvalue weighted by molar-refractivity contribution is 5.79. The number of fused-ring (bicyclic) bond motifs is 1. The Hall–Kier alpha value is -2.10. The van der Waals surface area contributed by atoms with Gasteiger partial charge in [-0.15, -0.1) is 0 Å². The van der Waals surface area contributed by atoms with E-state index in [-0.39, 0.29) is 5.97 Å². The Morgan fingerprint density at radius 1 is 1.19 bits per heavy atom. The molecule has 0 aliphatic carbocycles. The zero-order chi connectivity index (χ0) is 14.9. The second kappa shape index (κ2) is 8.25. The fraction of sp³-hybridized carbons (Fsp3) is 0.412. The first-order chi connectivity index (χ1) is 10.3. The van der Waals surface area contributed by atoms with Crippen molar-refractivity contribution in [3.8, 4) is 5.75 Å². The molecule has 0 N–H and O–H groups in total. The third-order valence-electron chi connectivity index (χ3n) is 3.16. The predicted molar refractivity (Wildman–Crippen MR) is 82.3 cm³/mol. The van der Waals surface area contributed by atoms with Gasteiger partial charge in [-0.2, -0.15) is 0 Å². The van der Waals surface area contributed by atoms with Crippen molar-refractivity contribution >= 4 is 16.9 Å². The number of esters is 1. The van der Waals surface area contributed by atoms with Gasteiger partial charge in [0.15, 0.2) is 0 Å². The molecule has 0 aliphatic rings. The summed E-state index contributed by atoms with van der Waals surface area (Å²) < 4.78 is 10.6. The molecule has 2 aromatic rings. The van der Waals surface area contributed by atoms with E-state index in [1.54, 1.807) is 6.20 Å². The molecule has 2 rings (SSSR count). The van der Waals surface area contributed by atoms with Gasteiger partial charge in [0.1, 0.15) is 5.75 Å². The molecule has 0 amide bonds. The Kier molecular flexibility index (Phi) is 6.00. The minimum Gasteiger partial charge on any atom is -0.492 e. The van der Waals surface area contributed by atoms with E-state index >= 15 is 0 Å². The molecule has 0 unspecified atom stereocenters. The molecular formula is C17H21NO3. The molecule has 0 saturated heterocycles. The van der Waals surface area contributed by atoms with Crippen LogP contribution < -0.4 is 4.74 Å². The summed E-state index contributed by atoms with van der Waals surface area (Å²) in [5.74, 6) is 0.677. The minimum atomic E-state index is -0.114. The number of nitrogens with zero attached hydrogens (tertiary/aromatic N) is 1. The van der Waals surface area contributed by atoms with Gasteiger partial charge in [-0.05, 0) is 38.3 Å². The molecule has 1 heterocycles. The second-order valence-electron chi connectivity index (χ2n) is 4.83. The van der Waals surface area contributed by atoms with Crippen molar-refractivity contribution < 1.29 is 14.3 Å². The van der Waals surface area contributed by atoms with Gasteiger partial charge >= 0.3 is 5.97 Å². The summed E-state index contributed by atoms with van der Waals surface area (Å²) in [4.78, 5) is 15.5. The summed E-state index contributed by atoms with van der Waals surface area (Å²) in [6, 6.07) is 9.96. The van der Waals surface area contributed by atoms with Crippen molar-refractivity contribution in [3.63, 3.8) is 0 Å². The number of rotatable bonds is 8. The Morgan fingerprint density at radius 3 is 2.90 bits per heavy atom. The minimum absolute atomic E-state index is 0.114. The predicted octanol–water partition coefficient (Wildman–Crippen LogP) is 3.74. The average Bonchev–Trinajstić information content (AvgIpc) is 2.51. The Balaban J connectivity index is 1.67. The van der Waals surface area contributed by atoms with Gasteiger partial charge in [-0.1, -0.05) is 18.2 Å². The van der Waals surface area contributed by atoms with Crippen molar-refractivity contribution in [1.29, 1.82) is 0 Å². The van der Waals surface area contributed by atoms with E-state index in [9.17, 15) is 4.79 Å². The summed E-state index contributed by atoms with van der Waals surface area (Å²) in [6.45, 7) is 2.92. The van der Waals surface area contributed by atoms with Gasteiger partial charge in [0.2, 0.25) is 0 Å². The first-order valence-corrected chi connectivity index (χ1v) is 7.43. The van der Waals surface area contributed by atoms with Crippen LogP contribution in [0.25, 0.3) is 10.9 Å². The van der Waals surface area contributed by atoms with Crippen LogP contribution in [0.2, 0.25) is 0 Å². The molecule has 0 radical (unpaired) electrons. The first-order valence-electron chi connectivity index (χ1n) is 7.43. The Morgan fingerprint density at radius 2 is 2.05 bits per heavy atom. The fourth-order valence-electron chi connectivity index (χ4n) is 2.10. The van der Waals surface area contributed by atoms with Crippen molar-refractivity contribution in [2.45, 2.75) is 32.6 Å². The van der Waals surface area contributed by atoms with Gasteiger partial charge < -0.3 is 9.47 Å². The smallest absolute Gasteiger partial charge is 0.305 e. The van der Waals surface area contributed by atoms with Gasteiger partial charge in [0.05, 0.1) is 24.9 Å². The Bertz CT molecular complexity index is 583. The first kappa shape index (κ1) is 15.3. The summed E-state index contributed by atoms with van der Waals surface area (Å²) >= 11 is 0. The SMILES string of the molecule is CCOC(=O)CCCCCOc1cnc2ccccc2c1. The van der Waals surface area contributed by atoms with Crippen molar-refractivity contribution in [3.05, 3.63) is 36.5 Å². The van der Waals surface area contributed by atoms with Gasteiger partial charge in [-0.3, -0.25) is 9.78 Å². The van der Waals surface area contributed by atoms with Gasteiger partial charge in [0, 0.05) is 11.8 Å². The van der Waals surface area contributed by atoms with Crippen molar-refractivity contribution in [2.75, 3.05) is 13.2 Å². The van der Waals surface area contributed by atoms with Crippen LogP contribution in [0.5, 0.6) is 5.75 Å². The lowest BCUT2D eigenvalue weighted by atomic mass is 10.2. The maximum absolute atomic E-state index is 11.2. The molecule has 1 aromatic heterocycles. The monoisotopic (exact) mass is 287 g/mol.